The average Bonchev–Trinajstić information content (AvgIpc) is 3.12. The first-order chi connectivity index (χ1) is 23.3. The molecule has 6 rings (SSSR count). The standard InChI is InChI=1S/C36H46N8O4/c1-25(45)35(46)44-16-11-30(12-17-44)48-33-7-4-26(22-27(33)24-37)31-8-13-38-36(40-31)39-28-5-6-32(34(23-28)47-3)43-14-9-29(10-15-43)42-20-18-41(2)19-21-42/h4-8,13,22-23,25,29-30,45H,9-12,14-21H2,1-3H3,(H,38,39,40)/t25-/m0/s1. The fourth-order valence-electron chi connectivity index (χ4n) is 6.90. The lowest BCUT2D eigenvalue weighted by Crippen LogP contribution is -2.52. The Hall–Kier alpha value is -4.44. The number of aliphatic hydroxyl groups is 1. The predicted molar refractivity (Wildman–Crippen MR) is 185 cm³/mol. The number of aliphatic hydroxyl groups excluding tert-OH is 1. The summed E-state index contributed by atoms with van der Waals surface area (Å²) in [6.45, 7) is 9.12. The molecule has 3 aromatic rings. The zero-order chi connectivity index (χ0) is 33.6. The van der Waals surface area contributed by atoms with E-state index in [1.54, 1.807) is 30.3 Å². The second-order valence-corrected chi connectivity index (χ2v) is 13.0. The Labute approximate surface area is 282 Å². The number of piperidine rings is 2. The van der Waals surface area contributed by atoms with Crippen LogP contribution in [0.5, 0.6) is 11.5 Å². The van der Waals surface area contributed by atoms with Crippen molar-refractivity contribution in [1.82, 2.24) is 24.7 Å². The Morgan fingerprint density at radius 1 is 0.979 bits per heavy atom. The number of rotatable bonds is 9. The van der Waals surface area contributed by atoms with Gasteiger partial charge in [0.2, 0.25) is 5.95 Å². The van der Waals surface area contributed by atoms with E-state index in [1.165, 1.54) is 6.92 Å². The Kier molecular flexibility index (Phi) is 10.6. The van der Waals surface area contributed by atoms with Gasteiger partial charge in [0.05, 0.1) is 24.1 Å². The van der Waals surface area contributed by atoms with Crippen molar-refractivity contribution in [3.8, 4) is 28.8 Å². The average molecular weight is 655 g/mol. The Morgan fingerprint density at radius 2 is 1.73 bits per heavy atom. The highest BCUT2D eigenvalue weighted by Crippen LogP contribution is 2.35. The summed E-state index contributed by atoms with van der Waals surface area (Å²) in [5, 5.41) is 22.8. The molecule has 1 amide bonds. The maximum absolute atomic E-state index is 12.1. The highest BCUT2D eigenvalue weighted by atomic mass is 16.5. The number of carbonyl (C=O) groups is 1. The molecule has 0 spiro atoms. The molecule has 3 aliphatic heterocycles. The number of methoxy groups -OCH3 is 1. The molecule has 4 heterocycles. The van der Waals surface area contributed by atoms with Gasteiger partial charge in [0.25, 0.3) is 5.91 Å². The van der Waals surface area contributed by atoms with Gasteiger partial charge in [-0.3, -0.25) is 9.69 Å². The summed E-state index contributed by atoms with van der Waals surface area (Å²) in [7, 11) is 3.91. The van der Waals surface area contributed by atoms with Crippen molar-refractivity contribution in [1.29, 1.82) is 5.26 Å². The summed E-state index contributed by atoms with van der Waals surface area (Å²) in [5.41, 5.74) is 3.78. The highest BCUT2D eigenvalue weighted by Gasteiger charge is 2.28. The van der Waals surface area contributed by atoms with Gasteiger partial charge < -0.3 is 34.6 Å². The van der Waals surface area contributed by atoms with Crippen LogP contribution in [0.4, 0.5) is 17.3 Å². The zero-order valence-corrected chi connectivity index (χ0v) is 28.1. The number of carbonyl (C=O) groups excluding carboxylic acids is 1. The minimum Gasteiger partial charge on any atom is -0.495 e. The van der Waals surface area contributed by atoms with Crippen LogP contribution >= 0.6 is 0 Å². The SMILES string of the molecule is COc1cc(Nc2nccc(-c3ccc(OC4CCN(C(=O)[C@H](C)O)CC4)c(C#N)c3)n2)ccc1N1CCC(N2CCN(C)CC2)CC1. The molecule has 48 heavy (non-hydrogen) atoms. The van der Waals surface area contributed by atoms with E-state index >= 15 is 0 Å². The van der Waals surface area contributed by atoms with Crippen LogP contribution in [-0.4, -0.2) is 120 Å². The summed E-state index contributed by atoms with van der Waals surface area (Å²) >= 11 is 0. The second-order valence-electron chi connectivity index (χ2n) is 13.0. The lowest BCUT2D eigenvalue weighted by Gasteiger charge is -2.42. The first kappa shape index (κ1) is 33.5. The monoisotopic (exact) mass is 654 g/mol. The van der Waals surface area contributed by atoms with Gasteiger partial charge in [0.15, 0.2) is 0 Å². The lowest BCUT2D eigenvalue weighted by molar-refractivity contribution is -0.141. The first-order valence-corrected chi connectivity index (χ1v) is 16.9. The summed E-state index contributed by atoms with van der Waals surface area (Å²) in [4.78, 5) is 30.4. The van der Waals surface area contributed by atoms with Gasteiger partial charge in [-0.1, -0.05) is 0 Å². The van der Waals surface area contributed by atoms with Crippen molar-refractivity contribution >= 4 is 23.2 Å². The van der Waals surface area contributed by atoms with E-state index in [0.717, 1.165) is 74.8 Å². The van der Waals surface area contributed by atoms with Crippen molar-refractivity contribution in [2.45, 2.75) is 50.9 Å². The van der Waals surface area contributed by atoms with Gasteiger partial charge in [-0.05, 0) is 63.2 Å². The molecule has 254 valence electrons. The van der Waals surface area contributed by atoms with E-state index in [4.69, 9.17) is 14.5 Å². The number of amides is 1. The van der Waals surface area contributed by atoms with Gasteiger partial charge in [0, 0.05) is 94.8 Å². The fourth-order valence-corrected chi connectivity index (χ4v) is 6.90. The normalized spacial score (nSPS) is 19.1. The molecule has 1 aromatic heterocycles. The molecular weight excluding hydrogens is 608 g/mol. The summed E-state index contributed by atoms with van der Waals surface area (Å²) in [6.07, 6.45) is 4.14. The molecule has 3 fully saturated rings. The number of likely N-dealkylation sites (N-methyl/N-ethyl adjacent to an activating group) is 1. The number of aromatic nitrogens is 2. The molecule has 3 saturated heterocycles. The van der Waals surface area contributed by atoms with Crippen LogP contribution in [0, 0.1) is 11.3 Å². The van der Waals surface area contributed by atoms with E-state index in [2.05, 4.69) is 44.2 Å². The summed E-state index contributed by atoms with van der Waals surface area (Å²) in [6, 6.07) is 16.3. The number of piperazine rings is 1. The molecule has 12 heteroatoms. The maximum atomic E-state index is 12.1. The van der Waals surface area contributed by atoms with Crippen molar-refractivity contribution in [3.05, 3.63) is 54.2 Å². The van der Waals surface area contributed by atoms with Crippen molar-refractivity contribution < 1.29 is 19.4 Å². The third-order valence-electron chi connectivity index (χ3n) is 9.75. The van der Waals surface area contributed by atoms with E-state index in [9.17, 15) is 15.2 Å². The number of likely N-dealkylation sites (tertiary alicyclic amines) is 1. The molecule has 3 aliphatic rings. The summed E-state index contributed by atoms with van der Waals surface area (Å²) in [5.74, 6) is 1.48. The number of anilines is 3. The van der Waals surface area contributed by atoms with Crippen LogP contribution in [0.3, 0.4) is 0 Å². The Balaban J connectivity index is 1.08. The molecule has 0 unspecified atom stereocenters. The molecule has 0 aliphatic carbocycles. The van der Waals surface area contributed by atoms with Gasteiger partial charge in [0.1, 0.15) is 29.8 Å². The Bertz CT molecular complexity index is 1600. The van der Waals surface area contributed by atoms with Gasteiger partial charge in [-0.2, -0.15) is 5.26 Å². The number of nitrogens with zero attached hydrogens (tertiary/aromatic N) is 7. The van der Waals surface area contributed by atoms with Crippen LogP contribution in [0.25, 0.3) is 11.3 Å². The van der Waals surface area contributed by atoms with Crippen LogP contribution in [0.2, 0.25) is 0 Å². The predicted octanol–water partition coefficient (Wildman–Crippen LogP) is 3.73. The van der Waals surface area contributed by atoms with E-state index in [-0.39, 0.29) is 12.0 Å². The third kappa shape index (κ3) is 7.81. The molecule has 0 saturated carbocycles. The molecule has 2 aromatic carbocycles. The minimum atomic E-state index is -1.01. The number of benzene rings is 2. The van der Waals surface area contributed by atoms with Crippen LogP contribution < -0.4 is 19.7 Å². The summed E-state index contributed by atoms with van der Waals surface area (Å²) < 4.78 is 12.0. The van der Waals surface area contributed by atoms with E-state index < -0.39 is 6.10 Å². The number of nitrogens with one attached hydrogen (secondary N) is 1. The molecule has 2 N–H and O–H groups in total. The molecule has 0 radical (unpaired) electrons. The zero-order valence-electron chi connectivity index (χ0n) is 28.1. The first-order valence-electron chi connectivity index (χ1n) is 16.9. The second kappa shape index (κ2) is 15.2. The van der Waals surface area contributed by atoms with E-state index in [1.807, 2.05) is 24.3 Å². The Morgan fingerprint density at radius 3 is 2.42 bits per heavy atom. The van der Waals surface area contributed by atoms with Crippen LogP contribution in [0.15, 0.2) is 48.7 Å². The van der Waals surface area contributed by atoms with Gasteiger partial charge in [-0.15, -0.1) is 0 Å². The van der Waals surface area contributed by atoms with Crippen LogP contribution in [0.1, 0.15) is 38.2 Å². The lowest BCUT2D eigenvalue weighted by atomic mass is 10.0. The fraction of sp³-hybridized carbons (Fsp3) is 0.500. The number of hydrogen-bond acceptors (Lipinski definition) is 11. The number of ether oxygens (including phenoxy) is 2. The maximum Gasteiger partial charge on any atom is 0.251 e. The van der Waals surface area contributed by atoms with Gasteiger partial charge in [-0.25, -0.2) is 9.97 Å². The minimum absolute atomic E-state index is 0.117. The third-order valence-corrected chi connectivity index (χ3v) is 9.75. The topological polar surface area (TPSA) is 130 Å². The molecular formula is C36H46N8O4. The molecule has 0 bridgehead atoms. The quantitative estimate of drug-likeness (QED) is 0.350. The smallest absolute Gasteiger partial charge is 0.251 e. The van der Waals surface area contributed by atoms with Gasteiger partial charge >= 0.3 is 0 Å². The van der Waals surface area contributed by atoms with E-state index in [0.29, 0.717) is 54.9 Å². The molecule has 1 atom stereocenters. The van der Waals surface area contributed by atoms with Crippen LogP contribution in [-0.2, 0) is 4.79 Å². The molecule has 12 nitrogen and oxygen atoms in total. The van der Waals surface area contributed by atoms with Crippen molar-refractivity contribution in [2.24, 2.45) is 0 Å². The number of hydrogen-bond donors (Lipinski definition) is 2. The van der Waals surface area contributed by atoms with Crippen molar-refractivity contribution in [2.75, 3.05) is 76.7 Å². The van der Waals surface area contributed by atoms with Crippen molar-refractivity contribution in [3.63, 3.8) is 0 Å². The largest absolute Gasteiger partial charge is 0.495 e. The number of nitriles is 1. The highest BCUT2D eigenvalue weighted by molar-refractivity contribution is 5.80.